The molecule has 5 nitrogen and oxygen atoms in total. The number of aryl methyl sites for hydroxylation is 1. The van der Waals surface area contributed by atoms with Crippen LogP contribution in [-0.2, 0) is 0 Å². The van der Waals surface area contributed by atoms with E-state index in [2.05, 4.69) is 5.32 Å². The molecule has 1 heterocycles. The topological polar surface area (TPSA) is 75.4 Å². The van der Waals surface area contributed by atoms with Gasteiger partial charge in [-0.05, 0) is 31.2 Å². The highest BCUT2D eigenvalue weighted by Crippen LogP contribution is 2.24. The Morgan fingerprint density at radius 1 is 1.24 bits per heavy atom. The number of nitrogens with zero attached hydrogens (tertiary/aromatic N) is 1. The molecule has 2 rings (SSSR count). The predicted octanol–water partition coefficient (Wildman–Crippen LogP) is 2.59. The maximum absolute atomic E-state index is 12.1. The molecule has 0 aliphatic carbocycles. The molecule has 21 heavy (non-hydrogen) atoms. The van der Waals surface area contributed by atoms with Crippen LogP contribution in [0.2, 0.25) is 0 Å². The molecule has 0 saturated heterocycles. The van der Waals surface area contributed by atoms with E-state index in [0.29, 0.717) is 21.8 Å². The molecule has 0 radical (unpaired) electrons. The van der Waals surface area contributed by atoms with E-state index in [-0.39, 0.29) is 11.8 Å². The smallest absolute Gasteiger partial charge is 0.265 e. The van der Waals surface area contributed by atoms with Crippen LogP contribution >= 0.6 is 11.3 Å². The summed E-state index contributed by atoms with van der Waals surface area (Å²) in [6, 6.07) is 8.51. The van der Waals surface area contributed by atoms with Crippen molar-refractivity contribution in [3.05, 3.63) is 45.6 Å². The normalized spacial score (nSPS) is 10.2. The van der Waals surface area contributed by atoms with Gasteiger partial charge in [-0.3, -0.25) is 9.59 Å². The fraction of sp³-hybridized carbons (Fsp3) is 0.200. The molecule has 0 spiro atoms. The number of carbonyl (C=O) groups is 2. The molecule has 1 aromatic carbocycles. The zero-order chi connectivity index (χ0) is 15.6. The average molecular weight is 303 g/mol. The van der Waals surface area contributed by atoms with Crippen LogP contribution in [0.15, 0.2) is 30.3 Å². The van der Waals surface area contributed by atoms with Gasteiger partial charge in [0.1, 0.15) is 0 Å². The van der Waals surface area contributed by atoms with E-state index in [1.165, 1.54) is 16.2 Å². The van der Waals surface area contributed by atoms with Crippen molar-refractivity contribution in [2.45, 2.75) is 6.92 Å². The average Bonchev–Trinajstić information content (AvgIpc) is 2.78. The number of hydrogen-bond donors (Lipinski definition) is 2. The first-order valence-corrected chi connectivity index (χ1v) is 7.19. The molecule has 0 fully saturated rings. The Labute approximate surface area is 127 Å². The number of carbonyl (C=O) groups excluding carboxylic acids is 2. The molecule has 1 aromatic heterocycles. The zero-order valence-corrected chi connectivity index (χ0v) is 13.0. The van der Waals surface area contributed by atoms with E-state index < -0.39 is 0 Å². The fourth-order valence-electron chi connectivity index (χ4n) is 1.79. The third kappa shape index (κ3) is 3.41. The monoisotopic (exact) mass is 303 g/mol. The molecule has 0 aliphatic heterocycles. The lowest BCUT2D eigenvalue weighted by Gasteiger charge is -2.11. The Hall–Kier alpha value is -2.34. The summed E-state index contributed by atoms with van der Waals surface area (Å²) in [6.07, 6.45) is 0. The minimum Gasteiger partial charge on any atom is -0.398 e. The SMILES string of the molecule is Cc1sc(C(=O)Nc2cccc(C(=O)N(C)C)c2)cc1N. The third-order valence-electron chi connectivity index (χ3n) is 2.95. The fourth-order valence-corrected chi connectivity index (χ4v) is 2.63. The van der Waals surface area contributed by atoms with Crippen molar-refractivity contribution in [2.24, 2.45) is 0 Å². The summed E-state index contributed by atoms with van der Waals surface area (Å²) < 4.78 is 0. The molecule has 2 aromatic rings. The standard InChI is InChI=1S/C15H17N3O2S/c1-9-12(16)8-13(21-9)14(19)17-11-6-4-5-10(7-11)15(20)18(2)3/h4-8H,16H2,1-3H3,(H,17,19). The molecule has 0 bridgehead atoms. The van der Waals surface area contributed by atoms with Gasteiger partial charge in [0, 0.05) is 35.9 Å². The van der Waals surface area contributed by atoms with Crippen LogP contribution in [0.25, 0.3) is 0 Å². The Balaban J connectivity index is 2.18. The molecule has 0 saturated carbocycles. The van der Waals surface area contributed by atoms with E-state index in [0.717, 1.165) is 4.88 Å². The van der Waals surface area contributed by atoms with Gasteiger partial charge in [0.05, 0.1) is 4.88 Å². The van der Waals surface area contributed by atoms with Gasteiger partial charge in [0.25, 0.3) is 11.8 Å². The lowest BCUT2D eigenvalue weighted by molar-refractivity contribution is 0.0827. The largest absolute Gasteiger partial charge is 0.398 e. The van der Waals surface area contributed by atoms with Crippen LogP contribution in [0.1, 0.15) is 24.9 Å². The number of hydrogen-bond acceptors (Lipinski definition) is 4. The lowest BCUT2D eigenvalue weighted by atomic mass is 10.2. The van der Waals surface area contributed by atoms with Crippen molar-refractivity contribution in [3.63, 3.8) is 0 Å². The van der Waals surface area contributed by atoms with Gasteiger partial charge in [-0.1, -0.05) is 6.07 Å². The molecule has 3 N–H and O–H groups in total. The van der Waals surface area contributed by atoms with E-state index in [1.54, 1.807) is 44.4 Å². The predicted molar refractivity (Wildman–Crippen MR) is 85.9 cm³/mol. The second-order valence-corrected chi connectivity index (χ2v) is 6.11. The minimum atomic E-state index is -0.228. The summed E-state index contributed by atoms with van der Waals surface area (Å²) in [6.45, 7) is 1.87. The second-order valence-electron chi connectivity index (χ2n) is 4.86. The summed E-state index contributed by atoms with van der Waals surface area (Å²) in [4.78, 5) is 27.0. The first-order valence-electron chi connectivity index (χ1n) is 6.37. The van der Waals surface area contributed by atoms with Crippen LogP contribution in [0.3, 0.4) is 0 Å². The van der Waals surface area contributed by atoms with Crippen LogP contribution in [0.5, 0.6) is 0 Å². The molecular formula is C15H17N3O2S. The van der Waals surface area contributed by atoms with Gasteiger partial charge in [0.15, 0.2) is 0 Å². The van der Waals surface area contributed by atoms with Gasteiger partial charge in [0.2, 0.25) is 0 Å². The summed E-state index contributed by atoms with van der Waals surface area (Å²) in [5.41, 5.74) is 7.47. The zero-order valence-electron chi connectivity index (χ0n) is 12.1. The highest BCUT2D eigenvalue weighted by molar-refractivity contribution is 7.14. The Morgan fingerprint density at radius 2 is 1.95 bits per heavy atom. The number of thiophene rings is 1. The Bertz CT molecular complexity index is 672. The van der Waals surface area contributed by atoms with E-state index in [4.69, 9.17) is 5.73 Å². The third-order valence-corrected chi connectivity index (χ3v) is 4.02. The number of rotatable bonds is 3. The number of nitrogens with two attached hydrogens (primary N) is 1. The molecule has 6 heteroatoms. The van der Waals surface area contributed by atoms with E-state index >= 15 is 0 Å². The van der Waals surface area contributed by atoms with Crippen LogP contribution < -0.4 is 11.1 Å². The number of benzene rings is 1. The summed E-state index contributed by atoms with van der Waals surface area (Å²) in [7, 11) is 3.37. The number of amides is 2. The Morgan fingerprint density at radius 3 is 2.52 bits per heavy atom. The second kappa shape index (κ2) is 5.97. The minimum absolute atomic E-state index is 0.109. The van der Waals surface area contributed by atoms with Gasteiger partial charge in [-0.2, -0.15) is 0 Å². The molecule has 0 unspecified atom stereocenters. The molecule has 110 valence electrons. The van der Waals surface area contributed by atoms with Crippen molar-refractivity contribution < 1.29 is 9.59 Å². The van der Waals surface area contributed by atoms with Gasteiger partial charge in [-0.25, -0.2) is 0 Å². The number of nitrogen functional groups attached to an aromatic ring is 1. The first-order chi connectivity index (χ1) is 9.88. The van der Waals surface area contributed by atoms with Crippen molar-refractivity contribution in [1.29, 1.82) is 0 Å². The van der Waals surface area contributed by atoms with Crippen molar-refractivity contribution in [2.75, 3.05) is 25.1 Å². The van der Waals surface area contributed by atoms with E-state index in [9.17, 15) is 9.59 Å². The molecule has 2 amide bonds. The van der Waals surface area contributed by atoms with Gasteiger partial charge in [-0.15, -0.1) is 11.3 Å². The van der Waals surface area contributed by atoms with Crippen molar-refractivity contribution in [1.82, 2.24) is 4.90 Å². The molecule has 0 atom stereocenters. The highest BCUT2D eigenvalue weighted by atomic mass is 32.1. The maximum Gasteiger partial charge on any atom is 0.265 e. The Kier molecular flexibility index (Phi) is 4.28. The number of nitrogens with one attached hydrogen (secondary N) is 1. The highest BCUT2D eigenvalue weighted by Gasteiger charge is 2.13. The molecule has 0 aliphatic rings. The summed E-state index contributed by atoms with van der Waals surface area (Å²) in [5.74, 6) is -0.337. The lowest BCUT2D eigenvalue weighted by Crippen LogP contribution is -2.21. The van der Waals surface area contributed by atoms with Crippen LogP contribution in [0, 0.1) is 6.92 Å². The number of anilines is 2. The van der Waals surface area contributed by atoms with Gasteiger partial charge < -0.3 is 16.0 Å². The first kappa shape index (κ1) is 15.1. The van der Waals surface area contributed by atoms with Crippen LogP contribution in [-0.4, -0.2) is 30.8 Å². The summed E-state index contributed by atoms with van der Waals surface area (Å²) in [5, 5.41) is 2.78. The summed E-state index contributed by atoms with van der Waals surface area (Å²) >= 11 is 1.34. The van der Waals surface area contributed by atoms with Crippen LogP contribution in [0.4, 0.5) is 11.4 Å². The van der Waals surface area contributed by atoms with E-state index in [1.807, 2.05) is 6.92 Å². The van der Waals surface area contributed by atoms with Crippen molar-refractivity contribution >= 4 is 34.5 Å². The molecular weight excluding hydrogens is 286 g/mol. The quantitative estimate of drug-likeness (QED) is 0.915. The van der Waals surface area contributed by atoms with Gasteiger partial charge >= 0.3 is 0 Å². The maximum atomic E-state index is 12.1. The van der Waals surface area contributed by atoms with Crippen molar-refractivity contribution in [3.8, 4) is 0 Å².